The molecule has 0 saturated carbocycles. The predicted molar refractivity (Wildman–Crippen MR) is 95.3 cm³/mol. The zero-order chi connectivity index (χ0) is 16.7. The van der Waals surface area contributed by atoms with Crippen molar-refractivity contribution in [1.29, 1.82) is 0 Å². The summed E-state index contributed by atoms with van der Waals surface area (Å²) in [5.74, 6) is 0.656. The van der Waals surface area contributed by atoms with E-state index in [1.165, 1.54) is 11.1 Å². The van der Waals surface area contributed by atoms with E-state index < -0.39 is 0 Å². The average molecular weight is 319 g/mol. The highest BCUT2D eigenvalue weighted by Crippen LogP contribution is 2.25. The molecule has 4 heteroatoms. The topological polar surface area (TPSA) is 47.8 Å². The average Bonchev–Trinajstić information content (AvgIpc) is 2.58. The molecule has 0 N–H and O–H groups in total. The highest BCUT2D eigenvalue weighted by Gasteiger charge is 2.18. The second kappa shape index (κ2) is 5.86. The van der Waals surface area contributed by atoms with E-state index in [4.69, 9.17) is 0 Å². The number of nitrogens with zero attached hydrogens (tertiary/aromatic N) is 3. The minimum atomic E-state index is -0.00546. The van der Waals surface area contributed by atoms with Crippen LogP contribution in [0.5, 0.6) is 0 Å². The van der Waals surface area contributed by atoms with E-state index in [0.29, 0.717) is 23.5 Å². The third kappa shape index (κ3) is 2.73. The third-order valence-corrected chi connectivity index (χ3v) is 4.90. The van der Waals surface area contributed by atoms with Crippen LogP contribution in [0, 0.1) is 12.8 Å². The van der Waals surface area contributed by atoms with Crippen LogP contribution in [0.3, 0.4) is 0 Å². The molecule has 122 valence electrons. The van der Waals surface area contributed by atoms with Gasteiger partial charge >= 0.3 is 0 Å². The van der Waals surface area contributed by atoms with Crippen molar-refractivity contribution in [1.82, 2.24) is 14.5 Å². The smallest absolute Gasteiger partial charge is 0.263 e. The Labute approximate surface area is 141 Å². The van der Waals surface area contributed by atoms with Crippen molar-refractivity contribution in [2.24, 2.45) is 5.92 Å². The van der Waals surface area contributed by atoms with Crippen molar-refractivity contribution in [3.63, 3.8) is 0 Å². The molecular weight excluding hydrogens is 298 g/mol. The van der Waals surface area contributed by atoms with Crippen molar-refractivity contribution < 1.29 is 0 Å². The summed E-state index contributed by atoms with van der Waals surface area (Å²) in [7, 11) is 0. The number of benzene rings is 1. The maximum Gasteiger partial charge on any atom is 0.263 e. The van der Waals surface area contributed by atoms with Gasteiger partial charge in [0.25, 0.3) is 5.56 Å². The largest absolute Gasteiger partial charge is 0.294 e. The molecule has 1 aliphatic carbocycles. The Hall–Kier alpha value is -2.49. The predicted octanol–water partition coefficient (Wildman–Crippen LogP) is 3.27. The molecule has 0 bridgehead atoms. The first-order chi connectivity index (χ1) is 11.6. The van der Waals surface area contributed by atoms with Gasteiger partial charge in [-0.05, 0) is 49.3 Å². The molecule has 3 aromatic rings. The van der Waals surface area contributed by atoms with Crippen LogP contribution in [0.1, 0.15) is 35.7 Å². The van der Waals surface area contributed by atoms with Gasteiger partial charge in [-0.3, -0.25) is 9.36 Å². The SMILES string of the molecule is Cc1ccc(Cn2cnc3nc4c(cc3c2=O)CC(C)CC4)cc1. The number of aryl methyl sites for hydroxylation is 2. The second-order valence-electron chi connectivity index (χ2n) is 6.98. The third-order valence-electron chi connectivity index (χ3n) is 4.90. The first-order valence-electron chi connectivity index (χ1n) is 8.53. The van der Waals surface area contributed by atoms with E-state index in [2.05, 4.69) is 48.1 Å². The number of aromatic nitrogens is 3. The van der Waals surface area contributed by atoms with Gasteiger partial charge < -0.3 is 0 Å². The lowest BCUT2D eigenvalue weighted by molar-refractivity contribution is 0.495. The molecule has 0 radical (unpaired) electrons. The van der Waals surface area contributed by atoms with Crippen LogP contribution in [0.25, 0.3) is 11.0 Å². The Morgan fingerprint density at radius 2 is 2.04 bits per heavy atom. The van der Waals surface area contributed by atoms with Gasteiger partial charge in [-0.15, -0.1) is 0 Å². The molecule has 0 fully saturated rings. The number of rotatable bonds is 2. The fourth-order valence-corrected chi connectivity index (χ4v) is 3.43. The Morgan fingerprint density at radius 3 is 2.83 bits per heavy atom. The van der Waals surface area contributed by atoms with Crippen LogP contribution in [-0.2, 0) is 19.4 Å². The summed E-state index contributed by atoms with van der Waals surface area (Å²) in [6.45, 7) is 4.85. The summed E-state index contributed by atoms with van der Waals surface area (Å²) >= 11 is 0. The molecule has 0 aliphatic heterocycles. The zero-order valence-electron chi connectivity index (χ0n) is 14.1. The minimum Gasteiger partial charge on any atom is -0.294 e. The number of hydrogen-bond donors (Lipinski definition) is 0. The van der Waals surface area contributed by atoms with Gasteiger partial charge in [-0.1, -0.05) is 36.8 Å². The normalized spacial score (nSPS) is 17.0. The molecule has 1 unspecified atom stereocenters. The van der Waals surface area contributed by atoms with Gasteiger partial charge in [0.2, 0.25) is 0 Å². The van der Waals surface area contributed by atoms with Crippen molar-refractivity contribution in [3.8, 4) is 0 Å². The maximum absolute atomic E-state index is 12.9. The molecule has 4 nitrogen and oxygen atoms in total. The standard InChI is InChI=1S/C20H21N3O/c1-13-3-6-15(7-4-13)11-23-12-21-19-17(20(23)24)10-16-9-14(2)5-8-18(16)22-19/h3-4,6-7,10,12,14H,5,8-9,11H2,1-2H3. The maximum atomic E-state index is 12.9. The molecule has 1 aliphatic rings. The molecule has 24 heavy (non-hydrogen) atoms. The van der Waals surface area contributed by atoms with Crippen LogP contribution < -0.4 is 5.56 Å². The molecule has 1 atom stereocenters. The zero-order valence-corrected chi connectivity index (χ0v) is 14.1. The van der Waals surface area contributed by atoms with Gasteiger partial charge in [0.05, 0.1) is 11.9 Å². The van der Waals surface area contributed by atoms with Gasteiger partial charge in [-0.2, -0.15) is 0 Å². The fraction of sp³-hybridized carbons (Fsp3) is 0.350. The van der Waals surface area contributed by atoms with E-state index in [-0.39, 0.29) is 5.56 Å². The monoisotopic (exact) mass is 319 g/mol. The van der Waals surface area contributed by atoms with Gasteiger partial charge in [0, 0.05) is 5.69 Å². The van der Waals surface area contributed by atoms with Crippen LogP contribution in [0.4, 0.5) is 0 Å². The summed E-state index contributed by atoms with van der Waals surface area (Å²) < 4.78 is 1.67. The lowest BCUT2D eigenvalue weighted by Gasteiger charge is -2.20. The lowest BCUT2D eigenvalue weighted by Crippen LogP contribution is -2.23. The Bertz CT molecular complexity index is 957. The number of fused-ring (bicyclic) bond motifs is 2. The van der Waals surface area contributed by atoms with Crippen molar-refractivity contribution in [3.05, 3.63) is 69.4 Å². The van der Waals surface area contributed by atoms with E-state index in [9.17, 15) is 4.79 Å². The second-order valence-corrected chi connectivity index (χ2v) is 6.98. The van der Waals surface area contributed by atoms with Gasteiger partial charge in [-0.25, -0.2) is 9.97 Å². The van der Waals surface area contributed by atoms with Crippen LogP contribution in [0.15, 0.2) is 41.5 Å². The van der Waals surface area contributed by atoms with Crippen molar-refractivity contribution in [2.75, 3.05) is 0 Å². The molecule has 4 rings (SSSR count). The van der Waals surface area contributed by atoms with E-state index in [0.717, 1.165) is 30.5 Å². The van der Waals surface area contributed by atoms with Crippen LogP contribution in [-0.4, -0.2) is 14.5 Å². The summed E-state index contributed by atoms with van der Waals surface area (Å²) in [5.41, 5.74) is 5.22. The van der Waals surface area contributed by atoms with Gasteiger partial charge in [0.1, 0.15) is 6.33 Å². The van der Waals surface area contributed by atoms with E-state index in [1.807, 2.05) is 6.07 Å². The lowest BCUT2D eigenvalue weighted by atomic mass is 9.87. The highest BCUT2D eigenvalue weighted by atomic mass is 16.1. The van der Waals surface area contributed by atoms with Gasteiger partial charge in [0.15, 0.2) is 5.65 Å². The number of hydrogen-bond acceptors (Lipinski definition) is 3. The summed E-state index contributed by atoms with van der Waals surface area (Å²) in [5, 5.41) is 0.637. The quantitative estimate of drug-likeness (QED) is 0.728. The highest BCUT2D eigenvalue weighted by molar-refractivity contribution is 5.74. The van der Waals surface area contributed by atoms with Crippen molar-refractivity contribution >= 4 is 11.0 Å². The Kier molecular flexibility index (Phi) is 3.68. The van der Waals surface area contributed by atoms with E-state index in [1.54, 1.807) is 10.9 Å². The summed E-state index contributed by atoms with van der Waals surface area (Å²) in [6.07, 6.45) is 4.77. The molecule has 2 aromatic heterocycles. The Morgan fingerprint density at radius 1 is 1.25 bits per heavy atom. The fourth-order valence-electron chi connectivity index (χ4n) is 3.43. The Balaban J connectivity index is 1.77. The first kappa shape index (κ1) is 15.1. The molecule has 1 aromatic carbocycles. The van der Waals surface area contributed by atoms with Crippen LogP contribution in [0.2, 0.25) is 0 Å². The molecule has 0 saturated heterocycles. The van der Waals surface area contributed by atoms with Crippen molar-refractivity contribution in [2.45, 2.75) is 39.7 Å². The molecule has 0 spiro atoms. The molecule has 0 amide bonds. The molecule has 2 heterocycles. The minimum absolute atomic E-state index is 0.00546. The molecular formula is C20H21N3O. The van der Waals surface area contributed by atoms with Crippen LogP contribution >= 0.6 is 0 Å². The van der Waals surface area contributed by atoms with E-state index >= 15 is 0 Å². The first-order valence-corrected chi connectivity index (χ1v) is 8.53. The number of pyridine rings is 1. The summed E-state index contributed by atoms with van der Waals surface area (Å²) in [4.78, 5) is 21.9. The summed E-state index contributed by atoms with van der Waals surface area (Å²) in [6, 6.07) is 10.3.